The van der Waals surface area contributed by atoms with Gasteiger partial charge in [0, 0.05) is 12.1 Å². The molecule has 8 heteroatoms. The second-order valence-electron chi connectivity index (χ2n) is 7.47. The van der Waals surface area contributed by atoms with E-state index in [1.807, 2.05) is 0 Å². The van der Waals surface area contributed by atoms with Gasteiger partial charge in [0.2, 0.25) is 0 Å². The average Bonchev–Trinajstić information content (AvgIpc) is 3.52. The molecule has 3 rings (SSSR count). The van der Waals surface area contributed by atoms with Gasteiger partial charge in [-0.1, -0.05) is 36.4 Å². The Balaban J connectivity index is 1.58. The minimum absolute atomic E-state index is 0.173. The molecule has 2 N–H and O–H groups in total. The Morgan fingerprint density at radius 1 is 1.26 bits per heavy atom. The molecule has 0 bridgehead atoms. The minimum Gasteiger partial charge on any atom is -0.478 e. The van der Waals surface area contributed by atoms with E-state index in [4.69, 9.17) is 21.4 Å². The van der Waals surface area contributed by atoms with E-state index in [0.717, 1.165) is 18.4 Å². The molecular weight excluding hydrogens is 418 g/mol. The first kappa shape index (κ1) is 22.4. The Kier molecular flexibility index (Phi) is 6.65. The Morgan fingerprint density at radius 2 is 1.94 bits per heavy atom. The number of hydrazone groups is 1. The van der Waals surface area contributed by atoms with Gasteiger partial charge in [0.15, 0.2) is 6.73 Å². The van der Waals surface area contributed by atoms with E-state index in [1.54, 1.807) is 67.5 Å². The maximum Gasteiger partial charge on any atom is 0.335 e. The van der Waals surface area contributed by atoms with E-state index < -0.39 is 11.5 Å². The molecule has 2 aromatic rings. The monoisotopic (exact) mass is 441 g/mol. The van der Waals surface area contributed by atoms with Crippen LogP contribution in [0.1, 0.15) is 35.7 Å². The molecule has 0 unspecified atom stereocenters. The molecule has 0 aromatic heterocycles. The summed E-state index contributed by atoms with van der Waals surface area (Å²) in [6.45, 7) is 5.76. The summed E-state index contributed by atoms with van der Waals surface area (Å²) >= 11 is 5.94. The number of aromatic carboxylic acids is 1. The van der Waals surface area contributed by atoms with Crippen molar-refractivity contribution in [2.24, 2.45) is 5.10 Å². The van der Waals surface area contributed by atoms with Crippen LogP contribution in [0.5, 0.6) is 5.75 Å². The molecule has 1 aliphatic carbocycles. The summed E-state index contributed by atoms with van der Waals surface area (Å²) in [5, 5.41) is 18.6. The van der Waals surface area contributed by atoms with Gasteiger partial charge in [0.1, 0.15) is 5.75 Å². The summed E-state index contributed by atoms with van der Waals surface area (Å²) in [6, 6.07) is 13.6. The SMILES string of the molecule is C=C(C(=O)NC1(c2ccc(C(=O)O)cc2)CC1)/C(C)=N\N(C)COc1cccc(Cl)c1. The number of halogens is 1. The van der Waals surface area contributed by atoms with Crippen molar-refractivity contribution in [3.63, 3.8) is 0 Å². The highest BCUT2D eigenvalue weighted by molar-refractivity contribution is 6.30. The van der Waals surface area contributed by atoms with Gasteiger partial charge in [0.05, 0.1) is 22.4 Å². The molecule has 162 valence electrons. The molecule has 31 heavy (non-hydrogen) atoms. The molecule has 0 saturated heterocycles. The van der Waals surface area contributed by atoms with Crippen LogP contribution < -0.4 is 10.1 Å². The Labute approximate surface area is 186 Å². The summed E-state index contributed by atoms with van der Waals surface area (Å²) in [5.41, 5.74) is 1.31. The molecular formula is C23H24ClN3O4. The number of carboxylic acid groups (broad SMARTS) is 1. The topological polar surface area (TPSA) is 91.2 Å². The third-order valence-electron chi connectivity index (χ3n) is 5.03. The van der Waals surface area contributed by atoms with Crippen molar-refractivity contribution in [3.8, 4) is 5.75 Å². The van der Waals surface area contributed by atoms with Crippen LogP contribution in [0.15, 0.2) is 65.8 Å². The van der Waals surface area contributed by atoms with Crippen molar-refractivity contribution in [3.05, 3.63) is 76.8 Å². The highest BCUT2D eigenvalue weighted by Crippen LogP contribution is 2.45. The normalized spacial score (nSPS) is 14.5. The van der Waals surface area contributed by atoms with E-state index in [2.05, 4.69) is 17.0 Å². The first-order valence-corrected chi connectivity index (χ1v) is 10.1. The fourth-order valence-corrected chi connectivity index (χ4v) is 3.25. The van der Waals surface area contributed by atoms with Crippen LogP contribution in [0.2, 0.25) is 5.02 Å². The zero-order valence-electron chi connectivity index (χ0n) is 17.4. The molecule has 0 atom stereocenters. The first-order valence-electron chi connectivity index (χ1n) is 9.70. The Bertz CT molecular complexity index is 1030. The number of nitrogens with zero attached hydrogens (tertiary/aromatic N) is 2. The van der Waals surface area contributed by atoms with Gasteiger partial charge in [-0.05, 0) is 55.7 Å². The molecule has 1 aliphatic rings. The summed E-state index contributed by atoms with van der Waals surface area (Å²) in [4.78, 5) is 23.8. The van der Waals surface area contributed by atoms with Crippen LogP contribution in [0.25, 0.3) is 0 Å². The molecule has 0 spiro atoms. The molecule has 1 amide bonds. The zero-order valence-corrected chi connectivity index (χ0v) is 18.1. The number of benzene rings is 2. The van der Waals surface area contributed by atoms with Gasteiger partial charge in [0.25, 0.3) is 5.91 Å². The van der Waals surface area contributed by atoms with Crippen molar-refractivity contribution in [1.29, 1.82) is 0 Å². The number of hydrogen-bond acceptors (Lipinski definition) is 5. The van der Waals surface area contributed by atoms with Gasteiger partial charge in [-0.15, -0.1) is 0 Å². The van der Waals surface area contributed by atoms with Crippen LogP contribution in [-0.4, -0.2) is 41.5 Å². The van der Waals surface area contributed by atoms with Gasteiger partial charge < -0.3 is 15.2 Å². The van der Waals surface area contributed by atoms with Crippen LogP contribution in [-0.2, 0) is 10.3 Å². The molecule has 1 saturated carbocycles. The largest absolute Gasteiger partial charge is 0.478 e. The number of ether oxygens (including phenoxy) is 1. The molecule has 0 aliphatic heterocycles. The van der Waals surface area contributed by atoms with Crippen LogP contribution >= 0.6 is 11.6 Å². The standard InChI is InChI=1S/C23H24ClN3O4/c1-15(16(2)26-27(3)14-31-20-6-4-5-19(24)13-20)21(28)25-23(11-12-23)18-9-7-17(8-10-18)22(29)30/h4-10,13H,1,11-12,14H2,2-3H3,(H,25,28)(H,29,30)/b26-16-. The van der Waals surface area contributed by atoms with E-state index in [0.29, 0.717) is 16.5 Å². The quantitative estimate of drug-likeness (QED) is 0.265. The van der Waals surface area contributed by atoms with E-state index in [9.17, 15) is 9.59 Å². The van der Waals surface area contributed by atoms with Crippen LogP contribution in [0, 0.1) is 0 Å². The predicted molar refractivity (Wildman–Crippen MR) is 119 cm³/mol. The van der Waals surface area contributed by atoms with Crippen LogP contribution in [0.3, 0.4) is 0 Å². The van der Waals surface area contributed by atoms with Gasteiger partial charge in [-0.2, -0.15) is 5.10 Å². The van der Waals surface area contributed by atoms with E-state index >= 15 is 0 Å². The summed E-state index contributed by atoms with van der Waals surface area (Å²) in [5.74, 6) is -0.678. The third kappa shape index (κ3) is 5.64. The van der Waals surface area contributed by atoms with Crippen LogP contribution in [0.4, 0.5) is 0 Å². The molecule has 0 heterocycles. The number of amides is 1. The maximum atomic E-state index is 12.7. The summed E-state index contributed by atoms with van der Waals surface area (Å²) < 4.78 is 5.63. The number of carboxylic acids is 1. The first-order chi connectivity index (χ1) is 14.7. The molecule has 7 nitrogen and oxygen atoms in total. The second kappa shape index (κ2) is 9.22. The van der Waals surface area contributed by atoms with E-state index in [-0.39, 0.29) is 23.8 Å². The Hall–Kier alpha value is -3.32. The van der Waals surface area contributed by atoms with Crippen molar-refractivity contribution >= 4 is 29.2 Å². The number of carbonyl (C=O) groups excluding carboxylic acids is 1. The lowest BCUT2D eigenvalue weighted by Crippen LogP contribution is -2.37. The van der Waals surface area contributed by atoms with Crippen molar-refractivity contribution < 1.29 is 19.4 Å². The highest BCUT2D eigenvalue weighted by Gasteiger charge is 2.46. The summed E-state index contributed by atoms with van der Waals surface area (Å²) in [6.07, 6.45) is 1.56. The molecule has 0 radical (unpaired) electrons. The third-order valence-corrected chi connectivity index (χ3v) is 5.27. The molecule has 2 aromatic carbocycles. The highest BCUT2D eigenvalue weighted by atomic mass is 35.5. The van der Waals surface area contributed by atoms with E-state index in [1.165, 1.54) is 0 Å². The van der Waals surface area contributed by atoms with Gasteiger partial charge >= 0.3 is 5.97 Å². The number of rotatable bonds is 9. The fraction of sp³-hybridized carbons (Fsp3) is 0.261. The summed E-state index contributed by atoms with van der Waals surface area (Å²) in [7, 11) is 1.73. The van der Waals surface area contributed by atoms with Gasteiger partial charge in [-0.25, -0.2) is 4.79 Å². The lowest BCUT2D eigenvalue weighted by atomic mass is 10.0. The minimum atomic E-state index is -0.982. The predicted octanol–water partition coefficient (Wildman–Crippen LogP) is 4.04. The van der Waals surface area contributed by atoms with Crippen molar-refractivity contribution in [1.82, 2.24) is 10.3 Å². The number of hydrogen-bond donors (Lipinski definition) is 2. The molecule has 1 fully saturated rings. The average molecular weight is 442 g/mol. The zero-order chi connectivity index (χ0) is 22.6. The van der Waals surface area contributed by atoms with Gasteiger partial charge in [-0.3, -0.25) is 9.80 Å². The maximum absolute atomic E-state index is 12.7. The second-order valence-corrected chi connectivity index (χ2v) is 7.91. The Morgan fingerprint density at radius 3 is 2.52 bits per heavy atom. The van der Waals surface area contributed by atoms with Crippen molar-refractivity contribution in [2.45, 2.75) is 25.3 Å². The lowest BCUT2D eigenvalue weighted by molar-refractivity contribution is -0.118. The fourth-order valence-electron chi connectivity index (χ4n) is 3.07. The lowest BCUT2D eigenvalue weighted by Gasteiger charge is -2.20. The smallest absolute Gasteiger partial charge is 0.335 e. The van der Waals surface area contributed by atoms with Crippen molar-refractivity contribution in [2.75, 3.05) is 13.8 Å². The number of nitrogens with one attached hydrogen (secondary N) is 1. The number of carbonyl (C=O) groups is 2.